The van der Waals surface area contributed by atoms with Crippen molar-refractivity contribution in [2.75, 3.05) is 26.7 Å². The monoisotopic (exact) mass is 454 g/mol. The van der Waals surface area contributed by atoms with Crippen LogP contribution in [0.3, 0.4) is 0 Å². The van der Waals surface area contributed by atoms with Crippen molar-refractivity contribution in [2.24, 2.45) is 0 Å². The van der Waals surface area contributed by atoms with Crippen molar-refractivity contribution < 1.29 is 13.9 Å². The average Bonchev–Trinajstić information content (AvgIpc) is 2.97. The van der Waals surface area contributed by atoms with Crippen molar-refractivity contribution >= 4 is 28.5 Å². The normalized spacial score (nSPS) is 16.0. The largest absolute Gasteiger partial charge is 0.497 e. The lowest BCUT2D eigenvalue weighted by Gasteiger charge is -2.31. The van der Waals surface area contributed by atoms with Gasteiger partial charge in [-0.05, 0) is 75.2 Å². The summed E-state index contributed by atoms with van der Waals surface area (Å²) in [6, 6.07) is 12.0. The number of hydrogen-bond donors (Lipinski definition) is 1. The van der Waals surface area contributed by atoms with Crippen molar-refractivity contribution in [3.05, 3.63) is 63.9 Å². The van der Waals surface area contributed by atoms with E-state index >= 15 is 0 Å². The molecule has 3 aromatic rings. The lowest BCUT2D eigenvalue weighted by molar-refractivity contribution is 0.0907. The molecule has 0 bridgehead atoms. The molecule has 2 heterocycles. The smallest absolute Gasteiger partial charge is 0.287 e. The van der Waals surface area contributed by atoms with E-state index in [1.54, 1.807) is 7.11 Å². The minimum absolute atomic E-state index is 0.101. The molecule has 4 rings (SSSR count). The molecule has 170 valence electrons. The van der Waals surface area contributed by atoms with Gasteiger partial charge in [0.25, 0.3) is 5.91 Å². The zero-order chi connectivity index (χ0) is 22.7. The average molecular weight is 455 g/mol. The highest BCUT2D eigenvalue weighted by Gasteiger charge is 2.24. The Balaban J connectivity index is 1.56. The van der Waals surface area contributed by atoms with Crippen molar-refractivity contribution in [1.82, 2.24) is 10.2 Å². The van der Waals surface area contributed by atoms with Crippen LogP contribution in [-0.4, -0.2) is 37.6 Å². The van der Waals surface area contributed by atoms with Gasteiger partial charge < -0.3 is 14.5 Å². The van der Waals surface area contributed by atoms with Crippen LogP contribution >= 0.6 is 11.6 Å². The zero-order valence-electron chi connectivity index (χ0n) is 19.0. The Kier molecular flexibility index (Phi) is 7.07. The first-order valence-electron chi connectivity index (χ1n) is 11.3. The minimum Gasteiger partial charge on any atom is -0.497 e. The predicted molar refractivity (Wildman–Crippen MR) is 129 cm³/mol. The van der Waals surface area contributed by atoms with Crippen LogP contribution in [0.15, 0.2) is 40.8 Å². The molecule has 0 spiro atoms. The molecule has 0 aliphatic carbocycles. The maximum absolute atomic E-state index is 13.1. The van der Waals surface area contributed by atoms with Crippen LogP contribution in [0.4, 0.5) is 0 Å². The lowest BCUT2D eigenvalue weighted by Crippen LogP contribution is -2.38. The van der Waals surface area contributed by atoms with E-state index < -0.39 is 0 Å². The summed E-state index contributed by atoms with van der Waals surface area (Å²) >= 11 is 6.28. The molecule has 2 aromatic carbocycles. The van der Waals surface area contributed by atoms with Gasteiger partial charge in [-0.1, -0.05) is 36.6 Å². The molecule has 1 N–H and O–H groups in total. The van der Waals surface area contributed by atoms with E-state index in [2.05, 4.69) is 22.3 Å². The second-order valence-corrected chi connectivity index (χ2v) is 9.01. The third-order valence-electron chi connectivity index (χ3n) is 6.46. The maximum atomic E-state index is 13.1. The summed E-state index contributed by atoms with van der Waals surface area (Å²) in [5.41, 5.74) is 3.61. The molecule has 32 heavy (non-hydrogen) atoms. The number of furan rings is 1. The number of rotatable bonds is 6. The van der Waals surface area contributed by atoms with Crippen LogP contribution in [0, 0.1) is 13.8 Å². The van der Waals surface area contributed by atoms with Crippen molar-refractivity contribution in [3.63, 3.8) is 0 Å². The Labute approximate surface area is 194 Å². The van der Waals surface area contributed by atoms with Gasteiger partial charge in [-0.25, -0.2) is 0 Å². The van der Waals surface area contributed by atoms with E-state index in [0.717, 1.165) is 35.4 Å². The number of halogens is 1. The number of nitrogens with zero attached hydrogens (tertiary/aromatic N) is 1. The Hall–Kier alpha value is -2.50. The van der Waals surface area contributed by atoms with E-state index in [9.17, 15) is 4.79 Å². The number of amides is 1. The second kappa shape index (κ2) is 9.97. The molecular weight excluding hydrogens is 424 g/mol. The number of hydrogen-bond acceptors (Lipinski definition) is 4. The van der Waals surface area contributed by atoms with Gasteiger partial charge in [-0.2, -0.15) is 0 Å². The van der Waals surface area contributed by atoms with Gasteiger partial charge in [0, 0.05) is 22.5 Å². The number of benzene rings is 2. The summed E-state index contributed by atoms with van der Waals surface area (Å²) in [7, 11) is 1.67. The molecule has 1 fully saturated rings. The Bertz CT molecular complexity index is 1080. The number of ether oxygens (including phenoxy) is 1. The first-order valence-corrected chi connectivity index (χ1v) is 11.7. The van der Waals surface area contributed by atoms with Crippen molar-refractivity contribution in [2.45, 2.75) is 45.6 Å². The summed E-state index contributed by atoms with van der Waals surface area (Å²) in [6.07, 6.45) is 4.89. The van der Waals surface area contributed by atoms with Gasteiger partial charge >= 0.3 is 0 Å². The number of likely N-dealkylation sites (tertiary alicyclic amines) is 1. The molecule has 0 radical (unpaired) electrons. The second-order valence-electron chi connectivity index (χ2n) is 8.60. The molecule has 1 saturated heterocycles. The van der Waals surface area contributed by atoms with Crippen molar-refractivity contribution in [1.29, 1.82) is 0 Å². The molecule has 1 aliphatic heterocycles. The number of methoxy groups -OCH3 is 1. The lowest BCUT2D eigenvalue weighted by atomic mass is 10.0. The van der Waals surface area contributed by atoms with E-state index in [1.807, 2.05) is 38.1 Å². The highest BCUT2D eigenvalue weighted by molar-refractivity contribution is 6.32. The highest BCUT2D eigenvalue weighted by Crippen LogP contribution is 2.31. The van der Waals surface area contributed by atoms with Gasteiger partial charge in [0.05, 0.1) is 13.2 Å². The van der Waals surface area contributed by atoms with Crippen LogP contribution in [0.5, 0.6) is 5.75 Å². The van der Waals surface area contributed by atoms with Gasteiger partial charge in [0.15, 0.2) is 5.76 Å². The van der Waals surface area contributed by atoms with Gasteiger partial charge in [0.1, 0.15) is 11.3 Å². The Morgan fingerprint density at radius 2 is 1.81 bits per heavy atom. The fraction of sp³-hybridized carbons (Fsp3) is 0.423. The molecule has 1 atom stereocenters. The van der Waals surface area contributed by atoms with Crippen LogP contribution in [0.2, 0.25) is 5.02 Å². The van der Waals surface area contributed by atoms with Crippen molar-refractivity contribution in [3.8, 4) is 5.75 Å². The molecular formula is C26H31ClN2O3. The zero-order valence-corrected chi connectivity index (χ0v) is 19.8. The third-order valence-corrected chi connectivity index (χ3v) is 6.87. The summed E-state index contributed by atoms with van der Waals surface area (Å²) in [5, 5.41) is 4.69. The van der Waals surface area contributed by atoms with Crippen LogP contribution < -0.4 is 10.1 Å². The molecule has 1 unspecified atom stereocenters. The predicted octanol–water partition coefficient (Wildman–Crippen LogP) is 6.06. The SMILES string of the molecule is COc1ccc(C(CNC(=O)c2oc3cc(C)c(Cl)cc3c2C)N2CCCCCC2)cc1. The third kappa shape index (κ3) is 4.79. The van der Waals surface area contributed by atoms with Gasteiger partial charge in [-0.3, -0.25) is 9.69 Å². The topological polar surface area (TPSA) is 54.7 Å². The molecule has 0 saturated carbocycles. The molecule has 6 heteroatoms. The maximum Gasteiger partial charge on any atom is 0.287 e. The summed E-state index contributed by atoms with van der Waals surface area (Å²) < 4.78 is 11.3. The number of nitrogens with one attached hydrogen (secondary N) is 1. The first-order chi connectivity index (χ1) is 15.5. The number of aryl methyl sites for hydroxylation is 2. The fourth-order valence-corrected chi connectivity index (χ4v) is 4.68. The van der Waals surface area contributed by atoms with Crippen LogP contribution in [-0.2, 0) is 0 Å². The Morgan fingerprint density at radius 3 is 2.47 bits per heavy atom. The summed E-state index contributed by atoms with van der Waals surface area (Å²) in [4.78, 5) is 15.6. The number of fused-ring (bicyclic) bond motifs is 1. The summed E-state index contributed by atoms with van der Waals surface area (Å²) in [5.74, 6) is 0.992. The quantitative estimate of drug-likeness (QED) is 0.492. The molecule has 1 aromatic heterocycles. The van der Waals surface area contributed by atoms with E-state index in [4.69, 9.17) is 20.8 Å². The summed E-state index contributed by atoms with van der Waals surface area (Å²) in [6.45, 7) is 6.42. The van der Waals surface area contributed by atoms with Crippen LogP contribution in [0.1, 0.15) is 59.0 Å². The number of carbonyl (C=O) groups is 1. The van der Waals surface area contributed by atoms with E-state index in [-0.39, 0.29) is 11.9 Å². The van der Waals surface area contributed by atoms with Crippen LogP contribution in [0.25, 0.3) is 11.0 Å². The molecule has 5 nitrogen and oxygen atoms in total. The number of carbonyl (C=O) groups excluding carboxylic acids is 1. The highest BCUT2D eigenvalue weighted by atomic mass is 35.5. The fourth-order valence-electron chi connectivity index (χ4n) is 4.52. The Morgan fingerprint density at radius 1 is 1.12 bits per heavy atom. The molecule has 1 aliphatic rings. The minimum atomic E-state index is -0.194. The van der Waals surface area contributed by atoms with Gasteiger partial charge in [-0.15, -0.1) is 0 Å². The first kappa shape index (κ1) is 22.7. The van der Waals surface area contributed by atoms with E-state index in [0.29, 0.717) is 22.9 Å². The van der Waals surface area contributed by atoms with Gasteiger partial charge in [0.2, 0.25) is 0 Å². The molecule has 1 amide bonds. The van der Waals surface area contributed by atoms with E-state index in [1.165, 1.54) is 31.2 Å². The standard InChI is InChI=1S/C26H31ClN2O3/c1-17-14-24-21(15-22(17)27)18(2)25(32-24)26(30)28-16-23(29-12-6-4-5-7-13-29)19-8-10-20(31-3)11-9-19/h8-11,14-15,23H,4-7,12-13,16H2,1-3H3,(H,28,30).